The van der Waals surface area contributed by atoms with Crippen molar-refractivity contribution in [3.63, 3.8) is 0 Å². The second kappa shape index (κ2) is 9.26. The van der Waals surface area contributed by atoms with Crippen LogP contribution in [-0.2, 0) is 27.7 Å². The number of carbonyl (C=O) groups is 1. The minimum Gasteiger partial charge on any atom is -0.385 e. The van der Waals surface area contributed by atoms with E-state index >= 15 is 0 Å². The SMILES string of the molecule is CC(C)c1cc(C#N)cc(C(C)C)c1CC(=O)/N=S(\N)c1ncc(C(C)(C)O)s1. The van der Waals surface area contributed by atoms with E-state index in [1.807, 2.05) is 39.8 Å². The maximum atomic E-state index is 12.7. The highest BCUT2D eigenvalue weighted by Crippen LogP contribution is 2.31. The summed E-state index contributed by atoms with van der Waals surface area (Å²) in [7, 11) is -1.17. The Labute approximate surface area is 179 Å². The van der Waals surface area contributed by atoms with Gasteiger partial charge in [-0.1, -0.05) is 27.7 Å². The molecule has 1 heterocycles. The fourth-order valence-corrected chi connectivity index (χ4v) is 4.88. The zero-order valence-corrected chi connectivity index (χ0v) is 19.3. The van der Waals surface area contributed by atoms with E-state index in [0.717, 1.165) is 16.7 Å². The summed E-state index contributed by atoms with van der Waals surface area (Å²) in [6.45, 7) is 11.5. The fourth-order valence-electron chi connectivity index (χ4n) is 2.99. The number of nitrogens with two attached hydrogens (primary N) is 1. The lowest BCUT2D eigenvalue weighted by atomic mass is 9.85. The van der Waals surface area contributed by atoms with Gasteiger partial charge in [-0.3, -0.25) is 9.93 Å². The Morgan fingerprint density at radius 3 is 2.28 bits per heavy atom. The highest BCUT2D eigenvalue weighted by atomic mass is 32.2. The molecule has 8 heteroatoms. The van der Waals surface area contributed by atoms with Crippen molar-refractivity contribution in [3.05, 3.63) is 45.5 Å². The molecule has 1 atom stereocenters. The number of thiazole rings is 1. The van der Waals surface area contributed by atoms with Gasteiger partial charge in [0.05, 0.1) is 28.5 Å². The van der Waals surface area contributed by atoms with Gasteiger partial charge in [-0.2, -0.15) is 9.62 Å². The van der Waals surface area contributed by atoms with Crippen LogP contribution in [0.2, 0.25) is 0 Å². The normalized spacial score (nSPS) is 13.1. The molecule has 3 N–H and O–H groups in total. The zero-order chi connectivity index (χ0) is 21.9. The Balaban J connectivity index is 2.38. The predicted octanol–water partition coefficient (Wildman–Crippen LogP) is 4.29. The molecule has 1 unspecified atom stereocenters. The van der Waals surface area contributed by atoms with Gasteiger partial charge in [0, 0.05) is 17.1 Å². The quantitative estimate of drug-likeness (QED) is 0.707. The van der Waals surface area contributed by atoms with E-state index in [1.165, 1.54) is 11.3 Å². The van der Waals surface area contributed by atoms with E-state index in [0.29, 0.717) is 14.8 Å². The lowest BCUT2D eigenvalue weighted by Gasteiger charge is -2.19. The molecule has 1 aromatic heterocycles. The van der Waals surface area contributed by atoms with Gasteiger partial charge in [0.1, 0.15) is 0 Å². The number of nitrogens with zero attached hydrogens (tertiary/aromatic N) is 3. The third-order valence-electron chi connectivity index (χ3n) is 4.49. The number of rotatable bonds is 6. The van der Waals surface area contributed by atoms with Crippen LogP contribution in [0.25, 0.3) is 0 Å². The molecule has 0 aliphatic heterocycles. The lowest BCUT2D eigenvalue weighted by molar-refractivity contribution is -0.117. The van der Waals surface area contributed by atoms with Crippen molar-refractivity contribution in [1.82, 2.24) is 4.98 Å². The highest BCUT2D eigenvalue weighted by molar-refractivity contribution is 7.87. The molecule has 0 saturated carbocycles. The third-order valence-corrected chi connectivity index (χ3v) is 7.22. The summed E-state index contributed by atoms with van der Waals surface area (Å²) < 4.78 is 4.67. The summed E-state index contributed by atoms with van der Waals surface area (Å²) in [6.07, 6.45) is 1.71. The predicted molar refractivity (Wildman–Crippen MR) is 118 cm³/mol. The molecule has 0 bridgehead atoms. The van der Waals surface area contributed by atoms with E-state index in [9.17, 15) is 15.2 Å². The van der Waals surface area contributed by atoms with Gasteiger partial charge in [-0.15, -0.1) is 11.3 Å². The minimum absolute atomic E-state index is 0.136. The number of hydrogen-bond acceptors (Lipinski definition) is 5. The van der Waals surface area contributed by atoms with Crippen LogP contribution >= 0.6 is 11.3 Å². The number of aromatic nitrogens is 1. The Morgan fingerprint density at radius 1 is 1.31 bits per heavy atom. The van der Waals surface area contributed by atoms with Crippen LogP contribution in [0.3, 0.4) is 0 Å². The first-order valence-electron chi connectivity index (χ1n) is 9.42. The standard InChI is InChI=1S/C21H28N4O2S2/c1-12(2)15-7-14(10-22)8-16(13(3)4)17(15)9-19(26)25-29(23)20-24-11-18(28-20)21(5,6)27/h7-8,11-13,27H,9H2,1-6H3,(H2,23,25,26). The van der Waals surface area contributed by atoms with Gasteiger partial charge < -0.3 is 5.11 Å². The first-order valence-corrected chi connectivity index (χ1v) is 11.5. The van der Waals surface area contributed by atoms with Gasteiger partial charge in [-0.05, 0) is 54.5 Å². The molecule has 0 aliphatic rings. The van der Waals surface area contributed by atoms with Crippen molar-refractivity contribution in [2.24, 2.45) is 9.50 Å². The molecular formula is C21H28N4O2S2. The summed E-state index contributed by atoms with van der Waals surface area (Å²) in [6, 6.07) is 5.93. The van der Waals surface area contributed by atoms with Gasteiger partial charge in [-0.25, -0.2) is 4.98 Å². The smallest absolute Gasteiger partial charge is 0.257 e. The maximum absolute atomic E-state index is 12.7. The number of nitriles is 1. The average molecular weight is 433 g/mol. The molecule has 2 rings (SSSR count). The summed E-state index contributed by atoms with van der Waals surface area (Å²) in [5.41, 5.74) is 2.51. The topological polar surface area (TPSA) is 112 Å². The van der Waals surface area contributed by atoms with Gasteiger partial charge in [0.2, 0.25) is 0 Å². The van der Waals surface area contributed by atoms with E-state index in [-0.39, 0.29) is 24.2 Å². The monoisotopic (exact) mass is 432 g/mol. The molecule has 0 radical (unpaired) electrons. The van der Waals surface area contributed by atoms with Crippen LogP contribution in [0.5, 0.6) is 0 Å². The number of hydrogen-bond donors (Lipinski definition) is 2. The van der Waals surface area contributed by atoms with E-state index < -0.39 is 16.5 Å². The van der Waals surface area contributed by atoms with E-state index in [1.54, 1.807) is 20.0 Å². The van der Waals surface area contributed by atoms with Crippen molar-refractivity contribution < 1.29 is 9.90 Å². The van der Waals surface area contributed by atoms with Crippen molar-refractivity contribution in [2.45, 2.75) is 69.7 Å². The minimum atomic E-state index is -1.17. The maximum Gasteiger partial charge on any atom is 0.257 e. The Kier molecular flexibility index (Phi) is 7.46. The molecule has 0 spiro atoms. The molecular weight excluding hydrogens is 404 g/mol. The summed E-state index contributed by atoms with van der Waals surface area (Å²) in [5.74, 6) is 0.0328. The second-order valence-corrected chi connectivity index (χ2v) is 10.6. The Bertz CT molecular complexity index is 950. The Hall–Kier alpha value is -1.92. The van der Waals surface area contributed by atoms with Gasteiger partial charge in [0.15, 0.2) is 4.34 Å². The average Bonchev–Trinajstić information content (AvgIpc) is 3.11. The number of amides is 1. The van der Waals surface area contributed by atoms with E-state index in [2.05, 4.69) is 15.4 Å². The molecule has 0 aliphatic carbocycles. The molecule has 29 heavy (non-hydrogen) atoms. The molecule has 6 nitrogen and oxygen atoms in total. The van der Waals surface area contributed by atoms with Crippen molar-refractivity contribution in [1.29, 1.82) is 5.26 Å². The number of aliphatic hydroxyl groups is 1. The summed E-state index contributed by atoms with van der Waals surface area (Å²) in [4.78, 5) is 17.6. The van der Waals surface area contributed by atoms with Crippen LogP contribution in [-0.4, -0.2) is 16.0 Å². The van der Waals surface area contributed by atoms with Crippen LogP contribution in [0, 0.1) is 11.3 Å². The lowest BCUT2D eigenvalue weighted by Crippen LogP contribution is -2.13. The third kappa shape index (κ3) is 5.80. The zero-order valence-electron chi connectivity index (χ0n) is 17.7. The van der Waals surface area contributed by atoms with Crippen LogP contribution in [0.15, 0.2) is 27.0 Å². The first kappa shape index (κ1) is 23.4. The molecule has 156 valence electrons. The second-order valence-electron chi connectivity index (χ2n) is 8.08. The van der Waals surface area contributed by atoms with Crippen LogP contribution in [0.1, 0.15) is 80.5 Å². The fraction of sp³-hybridized carbons (Fsp3) is 0.476. The molecule has 0 saturated heterocycles. The van der Waals surface area contributed by atoms with E-state index in [4.69, 9.17) is 5.14 Å². The van der Waals surface area contributed by atoms with Crippen molar-refractivity contribution in [3.8, 4) is 6.07 Å². The van der Waals surface area contributed by atoms with Gasteiger partial charge >= 0.3 is 0 Å². The van der Waals surface area contributed by atoms with Crippen LogP contribution < -0.4 is 5.14 Å². The largest absolute Gasteiger partial charge is 0.385 e. The molecule has 1 amide bonds. The number of benzene rings is 1. The molecule has 0 fully saturated rings. The molecule has 2 aromatic rings. The molecule has 1 aromatic carbocycles. The van der Waals surface area contributed by atoms with Crippen LogP contribution in [0.4, 0.5) is 0 Å². The van der Waals surface area contributed by atoms with Crippen molar-refractivity contribution >= 4 is 28.1 Å². The summed E-state index contributed by atoms with van der Waals surface area (Å²) >= 11 is 1.26. The van der Waals surface area contributed by atoms with Gasteiger partial charge in [0.25, 0.3) is 5.91 Å². The number of carbonyl (C=O) groups excluding carboxylic acids is 1. The Morgan fingerprint density at radius 2 is 1.86 bits per heavy atom. The first-order chi connectivity index (χ1) is 13.4. The van der Waals surface area contributed by atoms with Crippen molar-refractivity contribution in [2.75, 3.05) is 0 Å². The highest BCUT2D eigenvalue weighted by Gasteiger charge is 2.21. The summed E-state index contributed by atoms with van der Waals surface area (Å²) in [5, 5.41) is 25.5.